The van der Waals surface area contributed by atoms with E-state index in [9.17, 15) is 5.11 Å². The fourth-order valence-electron chi connectivity index (χ4n) is 2.11. The van der Waals surface area contributed by atoms with Gasteiger partial charge in [-0.2, -0.15) is 4.98 Å². The van der Waals surface area contributed by atoms with Gasteiger partial charge in [0.05, 0.1) is 12.5 Å². The first kappa shape index (κ1) is 15.1. The Balaban J connectivity index is 2.78. The maximum absolute atomic E-state index is 9.73. The van der Waals surface area contributed by atoms with Crippen molar-refractivity contribution in [3.63, 3.8) is 0 Å². The van der Waals surface area contributed by atoms with Crippen LogP contribution < -0.4 is 0 Å². The van der Waals surface area contributed by atoms with Gasteiger partial charge in [0.2, 0.25) is 11.7 Å². The zero-order chi connectivity index (χ0) is 13.6. The van der Waals surface area contributed by atoms with Crippen molar-refractivity contribution in [3.8, 4) is 0 Å². The van der Waals surface area contributed by atoms with E-state index in [-0.39, 0.29) is 0 Å². The lowest BCUT2D eigenvalue weighted by Gasteiger charge is -2.25. The van der Waals surface area contributed by atoms with Crippen LogP contribution in [0.1, 0.15) is 58.2 Å². The van der Waals surface area contributed by atoms with Gasteiger partial charge in [-0.3, -0.25) is 0 Å². The van der Waals surface area contributed by atoms with E-state index in [0.717, 1.165) is 25.7 Å². The largest absolute Gasteiger partial charge is 0.393 e. The SMILES string of the molecule is CCCC(O)Cc1nc(C(CC)(CC)OC)no1. The maximum atomic E-state index is 9.73. The molecule has 0 aliphatic heterocycles. The molecule has 0 saturated carbocycles. The second-order valence-electron chi connectivity index (χ2n) is 4.56. The normalized spacial score (nSPS) is 13.8. The lowest BCUT2D eigenvalue weighted by molar-refractivity contribution is -0.0306. The van der Waals surface area contributed by atoms with Gasteiger partial charge in [-0.05, 0) is 19.3 Å². The van der Waals surface area contributed by atoms with E-state index < -0.39 is 11.7 Å². The summed E-state index contributed by atoms with van der Waals surface area (Å²) in [6.45, 7) is 6.11. The molecule has 5 nitrogen and oxygen atoms in total. The molecule has 0 radical (unpaired) electrons. The summed E-state index contributed by atoms with van der Waals surface area (Å²) in [6.07, 6.45) is 3.26. The highest BCUT2D eigenvalue weighted by Crippen LogP contribution is 2.30. The summed E-state index contributed by atoms with van der Waals surface area (Å²) in [5.41, 5.74) is -0.475. The van der Waals surface area contributed by atoms with Crippen molar-refractivity contribution in [3.05, 3.63) is 11.7 Å². The van der Waals surface area contributed by atoms with Crippen molar-refractivity contribution in [1.82, 2.24) is 10.1 Å². The van der Waals surface area contributed by atoms with Gasteiger partial charge in [-0.15, -0.1) is 0 Å². The Morgan fingerprint density at radius 1 is 1.33 bits per heavy atom. The molecular formula is C13H24N2O3. The van der Waals surface area contributed by atoms with Gasteiger partial charge in [0, 0.05) is 7.11 Å². The fourth-order valence-corrected chi connectivity index (χ4v) is 2.11. The van der Waals surface area contributed by atoms with Crippen LogP contribution in [0, 0.1) is 0 Å². The molecule has 1 unspecified atom stereocenters. The molecule has 0 aliphatic rings. The molecule has 1 aromatic heterocycles. The molecule has 0 aliphatic carbocycles. The number of hydrogen-bond donors (Lipinski definition) is 1. The minimum absolute atomic E-state index is 0.411. The van der Waals surface area contributed by atoms with E-state index in [4.69, 9.17) is 9.26 Å². The van der Waals surface area contributed by atoms with Gasteiger partial charge >= 0.3 is 0 Å². The van der Waals surface area contributed by atoms with Crippen molar-refractivity contribution in [2.75, 3.05) is 7.11 Å². The quantitative estimate of drug-likeness (QED) is 0.773. The molecule has 1 heterocycles. The van der Waals surface area contributed by atoms with Gasteiger partial charge in [0.15, 0.2) is 0 Å². The standard InChI is InChI=1S/C13H24N2O3/c1-5-8-10(16)9-11-14-12(15-18-11)13(6-2,7-3)17-4/h10,16H,5-9H2,1-4H3. The van der Waals surface area contributed by atoms with E-state index in [2.05, 4.69) is 10.1 Å². The first-order valence-electron chi connectivity index (χ1n) is 6.68. The van der Waals surface area contributed by atoms with E-state index in [1.807, 2.05) is 20.8 Å². The van der Waals surface area contributed by atoms with Gasteiger partial charge in [-0.25, -0.2) is 0 Å². The van der Waals surface area contributed by atoms with Crippen molar-refractivity contribution < 1.29 is 14.4 Å². The Morgan fingerprint density at radius 3 is 2.50 bits per heavy atom. The van der Waals surface area contributed by atoms with Gasteiger partial charge in [0.1, 0.15) is 5.60 Å². The molecule has 1 rings (SSSR count). The number of aromatic nitrogens is 2. The van der Waals surface area contributed by atoms with Crippen LogP contribution in [-0.4, -0.2) is 28.5 Å². The summed E-state index contributed by atoms with van der Waals surface area (Å²) in [4.78, 5) is 4.35. The van der Waals surface area contributed by atoms with Crippen molar-refractivity contribution in [2.45, 2.75) is 64.6 Å². The first-order valence-corrected chi connectivity index (χ1v) is 6.68. The molecule has 1 aromatic rings. The van der Waals surface area contributed by atoms with Crippen LogP contribution in [0.5, 0.6) is 0 Å². The highest BCUT2D eigenvalue weighted by Gasteiger charge is 2.33. The zero-order valence-electron chi connectivity index (χ0n) is 11.8. The predicted octanol–water partition coefficient (Wildman–Crippen LogP) is 2.43. The summed E-state index contributed by atoms with van der Waals surface area (Å²) in [7, 11) is 1.66. The lowest BCUT2D eigenvalue weighted by Crippen LogP contribution is -2.28. The number of rotatable bonds is 8. The van der Waals surface area contributed by atoms with Crippen molar-refractivity contribution in [2.24, 2.45) is 0 Å². The number of aliphatic hydroxyl groups is 1. The highest BCUT2D eigenvalue weighted by atomic mass is 16.5. The average Bonchev–Trinajstić information content (AvgIpc) is 2.81. The molecule has 0 spiro atoms. The van der Waals surface area contributed by atoms with Crippen LogP contribution in [0.25, 0.3) is 0 Å². The van der Waals surface area contributed by atoms with Crippen LogP contribution in [0.15, 0.2) is 4.52 Å². The van der Waals surface area contributed by atoms with E-state index in [0.29, 0.717) is 18.1 Å². The molecule has 0 bridgehead atoms. The monoisotopic (exact) mass is 256 g/mol. The molecule has 0 fully saturated rings. The summed E-state index contributed by atoms with van der Waals surface area (Å²) in [5.74, 6) is 1.06. The highest BCUT2D eigenvalue weighted by molar-refractivity contribution is 5.01. The molecular weight excluding hydrogens is 232 g/mol. The smallest absolute Gasteiger partial charge is 0.229 e. The Hall–Kier alpha value is -0.940. The topological polar surface area (TPSA) is 68.4 Å². The second kappa shape index (κ2) is 6.85. The van der Waals surface area contributed by atoms with Crippen LogP contribution >= 0.6 is 0 Å². The summed E-state index contributed by atoms with van der Waals surface area (Å²) >= 11 is 0. The van der Waals surface area contributed by atoms with Crippen molar-refractivity contribution in [1.29, 1.82) is 0 Å². The average molecular weight is 256 g/mol. The summed E-state index contributed by atoms with van der Waals surface area (Å²) in [6, 6.07) is 0. The minimum Gasteiger partial charge on any atom is -0.393 e. The molecule has 0 aromatic carbocycles. The zero-order valence-corrected chi connectivity index (χ0v) is 11.8. The van der Waals surface area contributed by atoms with Crippen molar-refractivity contribution >= 4 is 0 Å². The molecule has 1 N–H and O–H groups in total. The number of hydrogen-bond acceptors (Lipinski definition) is 5. The fraction of sp³-hybridized carbons (Fsp3) is 0.846. The summed E-state index contributed by atoms with van der Waals surface area (Å²) in [5, 5.41) is 13.7. The van der Waals surface area contributed by atoms with E-state index in [1.165, 1.54) is 0 Å². The second-order valence-corrected chi connectivity index (χ2v) is 4.56. The molecule has 0 amide bonds. The third-order valence-electron chi connectivity index (χ3n) is 3.44. The number of aliphatic hydroxyl groups excluding tert-OH is 1. The minimum atomic E-state index is -0.475. The summed E-state index contributed by atoms with van der Waals surface area (Å²) < 4.78 is 10.7. The lowest BCUT2D eigenvalue weighted by atomic mass is 9.96. The van der Waals surface area contributed by atoms with Crippen LogP contribution in [-0.2, 0) is 16.8 Å². The molecule has 104 valence electrons. The Bertz CT molecular complexity index is 339. The van der Waals surface area contributed by atoms with E-state index >= 15 is 0 Å². The number of nitrogens with zero attached hydrogens (tertiary/aromatic N) is 2. The maximum Gasteiger partial charge on any atom is 0.229 e. The Labute approximate surface area is 109 Å². The Morgan fingerprint density at radius 2 is 2.00 bits per heavy atom. The molecule has 18 heavy (non-hydrogen) atoms. The molecule has 1 atom stereocenters. The Kier molecular flexibility index (Phi) is 5.75. The van der Waals surface area contributed by atoms with Crippen LogP contribution in [0.4, 0.5) is 0 Å². The van der Waals surface area contributed by atoms with Crippen LogP contribution in [0.2, 0.25) is 0 Å². The molecule has 0 saturated heterocycles. The van der Waals surface area contributed by atoms with Crippen LogP contribution in [0.3, 0.4) is 0 Å². The predicted molar refractivity (Wildman–Crippen MR) is 68.2 cm³/mol. The van der Waals surface area contributed by atoms with Gasteiger partial charge < -0.3 is 14.4 Å². The number of ether oxygens (including phenoxy) is 1. The first-order chi connectivity index (χ1) is 8.61. The molecule has 5 heteroatoms. The number of methoxy groups -OCH3 is 1. The van der Waals surface area contributed by atoms with Gasteiger partial charge in [0.25, 0.3) is 0 Å². The van der Waals surface area contributed by atoms with E-state index in [1.54, 1.807) is 7.11 Å². The third kappa shape index (κ3) is 3.29. The third-order valence-corrected chi connectivity index (χ3v) is 3.44. The van der Waals surface area contributed by atoms with Gasteiger partial charge in [-0.1, -0.05) is 32.3 Å².